The average Bonchev–Trinajstić information content (AvgIpc) is 2.20. The average molecular weight is 312 g/mol. The second-order valence-electron chi connectivity index (χ2n) is 5.44. The van der Waals surface area contributed by atoms with Crippen LogP contribution < -0.4 is 30.1 Å². The van der Waals surface area contributed by atoms with E-state index in [0.29, 0.717) is 6.04 Å². The Balaban J connectivity index is -0.000000653. The molecule has 0 aromatic rings. The van der Waals surface area contributed by atoms with Crippen LogP contribution in [0.2, 0.25) is 0 Å². The molecule has 0 atom stereocenters. The van der Waals surface area contributed by atoms with Gasteiger partial charge in [-0.3, -0.25) is 0 Å². The van der Waals surface area contributed by atoms with Crippen molar-refractivity contribution in [3.05, 3.63) is 22.3 Å². The third kappa shape index (κ3) is 5.49. The molecule has 0 heterocycles. The quantitative estimate of drug-likeness (QED) is 0.525. The van der Waals surface area contributed by atoms with Crippen LogP contribution in [0.5, 0.6) is 0 Å². The van der Waals surface area contributed by atoms with Gasteiger partial charge in [-0.2, -0.15) is 0 Å². The van der Waals surface area contributed by atoms with Crippen molar-refractivity contribution in [3.8, 4) is 0 Å². The van der Waals surface area contributed by atoms with Crippen LogP contribution in [-0.4, -0.2) is 11.6 Å². The number of nitrogens with one attached hydrogen (secondary N) is 1. The van der Waals surface area contributed by atoms with Crippen molar-refractivity contribution in [2.24, 2.45) is 0 Å². The summed E-state index contributed by atoms with van der Waals surface area (Å²) in [5.41, 5.74) is 6.07. The second kappa shape index (κ2) is 8.02. The van der Waals surface area contributed by atoms with Gasteiger partial charge in [-0.1, -0.05) is 0 Å². The molecule has 0 aliphatic heterocycles. The third-order valence-electron chi connectivity index (χ3n) is 3.19. The molecule has 1 N–H and O–H groups in total. The standard InChI is InChI=1S/C13H23N.2ClH.Ti/c1-8-9(2)11(4)12(10(8)3)14-13(5,6)7;;;/h12,14H,1-7H3;2*1H;/q;;;+2/p-2. The molecule has 0 radical (unpaired) electrons. The molecule has 0 saturated heterocycles. The molecule has 4 heteroatoms. The first-order chi connectivity index (χ1) is 6.24. The third-order valence-corrected chi connectivity index (χ3v) is 3.19. The molecule has 0 aromatic heterocycles. The number of rotatable bonds is 1. The van der Waals surface area contributed by atoms with E-state index in [1.54, 1.807) is 0 Å². The Morgan fingerprint density at radius 2 is 1.12 bits per heavy atom. The van der Waals surface area contributed by atoms with Crippen LogP contribution in [0.15, 0.2) is 22.3 Å². The van der Waals surface area contributed by atoms with Crippen molar-refractivity contribution < 1.29 is 46.5 Å². The fraction of sp³-hybridized carbons (Fsp3) is 0.692. The SMILES string of the molecule is CC1=C(C)C(NC(C)(C)C)C(C)=C1C.[Cl-].[Cl-].[Ti+2]. The van der Waals surface area contributed by atoms with Crippen molar-refractivity contribution >= 4 is 0 Å². The van der Waals surface area contributed by atoms with Crippen LogP contribution in [0.4, 0.5) is 0 Å². The first-order valence-electron chi connectivity index (χ1n) is 5.37. The van der Waals surface area contributed by atoms with E-state index in [1.807, 2.05) is 0 Å². The molecule has 0 bridgehead atoms. The monoisotopic (exact) mass is 311 g/mol. The summed E-state index contributed by atoms with van der Waals surface area (Å²) in [5.74, 6) is 0. The summed E-state index contributed by atoms with van der Waals surface area (Å²) >= 11 is 0. The van der Waals surface area contributed by atoms with E-state index < -0.39 is 0 Å². The fourth-order valence-corrected chi connectivity index (χ4v) is 2.00. The van der Waals surface area contributed by atoms with Gasteiger partial charge in [-0.15, -0.1) is 0 Å². The number of hydrogen-bond acceptors (Lipinski definition) is 1. The summed E-state index contributed by atoms with van der Waals surface area (Å²) < 4.78 is 0. The van der Waals surface area contributed by atoms with Crippen LogP contribution >= 0.6 is 0 Å². The topological polar surface area (TPSA) is 12.0 Å². The summed E-state index contributed by atoms with van der Waals surface area (Å²) in [6, 6.07) is 0.454. The summed E-state index contributed by atoms with van der Waals surface area (Å²) in [5, 5.41) is 3.66. The van der Waals surface area contributed by atoms with Crippen LogP contribution in [-0.2, 0) is 21.7 Å². The molecule has 0 fully saturated rings. The molecule has 1 rings (SSSR count). The van der Waals surface area contributed by atoms with Gasteiger partial charge in [0.25, 0.3) is 0 Å². The zero-order chi connectivity index (χ0) is 11.1. The van der Waals surface area contributed by atoms with E-state index in [4.69, 9.17) is 0 Å². The van der Waals surface area contributed by atoms with Gasteiger partial charge in [-0.05, 0) is 70.8 Å². The molecule has 98 valence electrons. The summed E-state index contributed by atoms with van der Waals surface area (Å²) in [4.78, 5) is 0. The predicted octanol–water partition coefficient (Wildman–Crippen LogP) is -2.56. The number of halogens is 2. The van der Waals surface area contributed by atoms with Gasteiger partial charge in [0, 0.05) is 5.54 Å². The summed E-state index contributed by atoms with van der Waals surface area (Å²) in [6.07, 6.45) is 0. The molecule has 1 nitrogen and oxygen atoms in total. The minimum atomic E-state index is 0. The molecule has 17 heavy (non-hydrogen) atoms. The predicted molar refractivity (Wildman–Crippen MR) is 63.4 cm³/mol. The van der Waals surface area contributed by atoms with Gasteiger partial charge >= 0.3 is 21.7 Å². The number of allylic oxidation sites excluding steroid dienone is 2. The maximum Gasteiger partial charge on any atom is 2.00 e. The molecular formula is C13H23Cl2NTi. The van der Waals surface area contributed by atoms with Crippen LogP contribution in [0.1, 0.15) is 48.5 Å². The van der Waals surface area contributed by atoms with E-state index in [2.05, 4.69) is 53.8 Å². The Morgan fingerprint density at radius 3 is 1.35 bits per heavy atom. The Bertz CT molecular complexity index is 290. The van der Waals surface area contributed by atoms with E-state index in [9.17, 15) is 0 Å². The zero-order valence-electron chi connectivity index (χ0n) is 11.8. The maximum absolute atomic E-state index is 3.66. The largest absolute Gasteiger partial charge is 2.00 e. The Hall–Kier alpha value is 0.734. The smallest absolute Gasteiger partial charge is 1.00 e. The van der Waals surface area contributed by atoms with Gasteiger partial charge < -0.3 is 30.1 Å². The second-order valence-corrected chi connectivity index (χ2v) is 5.44. The molecule has 0 amide bonds. The normalized spacial score (nSPS) is 16.4. The molecule has 0 aromatic carbocycles. The van der Waals surface area contributed by atoms with Crippen molar-refractivity contribution in [2.45, 2.75) is 60.0 Å². The van der Waals surface area contributed by atoms with Crippen LogP contribution in [0, 0.1) is 0 Å². The fourth-order valence-electron chi connectivity index (χ4n) is 2.00. The number of hydrogen-bond donors (Lipinski definition) is 1. The molecule has 0 saturated carbocycles. The first-order valence-corrected chi connectivity index (χ1v) is 5.37. The van der Waals surface area contributed by atoms with Gasteiger partial charge in [-0.25, -0.2) is 0 Å². The minimum Gasteiger partial charge on any atom is -1.00 e. The van der Waals surface area contributed by atoms with Gasteiger partial charge in [0.05, 0.1) is 6.04 Å². The van der Waals surface area contributed by atoms with Crippen molar-refractivity contribution in [1.82, 2.24) is 5.32 Å². The van der Waals surface area contributed by atoms with Gasteiger partial charge in [0.2, 0.25) is 0 Å². The van der Waals surface area contributed by atoms with Gasteiger partial charge in [0.1, 0.15) is 0 Å². The van der Waals surface area contributed by atoms with Crippen molar-refractivity contribution in [1.29, 1.82) is 0 Å². The van der Waals surface area contributed by atoms with E-state index >= 15 is 0 Å². The van der Waals surface area contributed by atoms with E-state index in [0.717, 1.165) is 0 Å². The summed E-state index contributed by atoms with van der Waals surface area (Å²) in [7, 11) is 0. The van der Waals surface area contributed by atoms with E-state index in [1.165, 1.54) is 22.3 Å². The Labute approximate surface area is 134 Å². The maximum atomic E-state index is 3.66. The van der Waals surface area contributed by atoms with Crippen LogP contribution in [0.3, 0.4) is 0 Å². The minimum absolute atomic E-state index is 0. The molecule has 0 spiro atoms. The van der Waals surface area contributed by atoms with Gasteiger partial charge in [0.15, 0.2) is 0 Å². The molecule has 1 aliphatic carbocycles. The van der Waals surface area contributed by atoms with Crippen LogP contribution in [0.25, 0.3) is 0 Å². The molecular weight excluding hydrogens is 289 g/mol. The first kappa shape index (κ1) is 22.9. The summed E-state index contributed by atoms with van der Waals surface area (Å²) in [6.45, 7) is 15.6. The Morgan fingerprint density at radius 1 is 0.824 bits per heavy atom. The van der Waals surface area contributed by atoms with E-state index in [-0.39, 0.29) is 52.1 Å². The molecule has 1 aliphatic rings. The van der Waals surface area contributed by atoms with Crippen molar-refractivity contribution in [2.75, 3.05) is 0 Å². The molecule has 0 unspecified atom stereocenters. The van der Waals surface area contributed by atoms with Crippen molar-refractivity contribution in [3.63, 3.8) is 0 Å². The Kier molecular flexibility index (Phi) is 10.8. The zero-order valence-corrected chi connectivity index (χ0v) is 14.9.